The molecule has 2 amide bonds. The number of hydrogen-bond acceptors (Lipinski definition) is 3. The maximum absolute atomic E-state index is 12.9. The largest absolute Gasteiger partial charge is 0.365 e. The van der Waals surface area contributed by atoms with E-state index in [0.29, 0.717) is 17.3 Å². The summed E-state index contributed by atoms with van der Waals surface area (Å²) in [5, 5.41) is 2.73. The molecule has 1 fully saturated rings. The molecule has 2 heterocycles. The van der Waals surface area contributed by atoms with Crippen molar-refractivity contribution in [3.8, 4) is 0 Å². The summed E-state index contributed by atoms with van der Waals surface area (Å²) in [7, 11) is 0. The van der Waals surface area contributed by atoms with Crippen molar-refractivity contribution in [2.75, 3.05) is 16.9 Å². The van der Waals surface area contributed by atoms with Gasteiger partial charge in [0.1, 0.15) is 11.9 Å². The molecule has 1 aliphatic rings. The number of halogens is 1. The lowest BCUT2D eigenvalue weighted by Gasteiger charge is -2.23. The van der Waals surface area contributed by atoms with Crippen LogP contribution < -0.4 is 5.32 Å². The fraction of sp³-hybridized carbons (Fsp3) is 0.250. The normalized spacial score (nSPS) is 17.3. The molecule has 0 bridgehead atoms. The molecule has 3 rings (SSSR count). The van der Waals surface area contributed by atoms with Gasteiger partial charge < -0.3 is 15.2 Å². The number of H-pyrrole nitrogens is 1. The van der Waals surface area contributed by atoms with Crippen LogP contribution in [0.3, 0.4) is 0 Å². The lowest BCUT2D eigenvalue weighted by molar-refractivity contribution is -0.135. The lowest BCUT2D eigenvalue weighted by atomic mass is 10.2. The topological polar surface area (TPSA) is 65.2 Å². The van der Waals surface area contributed by atoms with Gasteiger partial charge in [-0.05, 0) is 36.4 Å². The number of aromatic amines is 1. The molecule has 1 aromatic heterocycles. The monoisotopic (exact) mass is 333 g/mol. The molecular weight excluding hydrogens is 317 g/mol. The third-order valence-electron chi connectivity index (χ3n) is 3.62. The van der Waals surface area contributed by atoms with Crippen molar-refractivity contribution in [3.05, 3.63) is 54.1 Å². The first kappa shape index (κ1) is 15.6. The van der Waals surface area contributed by atoms with Crippen LogP contribution in [-0.2, 0) is 16.0 Å². The molecule has 2 N–H and O–H groups in total. The standard InChI is InChI=1S/C16H16FN3O2S/c17-11-3-5-12(6-4-11)19-16(22)14-9-23-10-20(14)15(21)8-13-2-1-7-18-13/h1-7,14,18H,8-10H2,(H,19,22). The first-order valence-corrected chi connectivity index (χ1v) is 8.35. The molecule has 7 heteroatoms. The lowest BCUT2D eigenvalue weighted by Crippen LogP contribution is -2.45. The van der Waals surface area contributed by atoms with Crippen LogP contribution in [0.2, 0.25) is 0 Å². The van der Waals surface area contributed by atoms with Crippen LogP contribution in [-0.4, -0.2) is 39.4 Å². The number of thioether (sulfide) groups is 1. The molecule has 0 saturated carbocycles. The minimum atomic E-state index is -0.507. The highest BCUT2D eigenvalue weighted by molar-refractivity contribution is 7.99. The fourth-order valence-electron chi connectivity index (χ4n) is 2.41. The van der Waals surface area contributed by atoms with Gasteiger partial charge in [0.05, 0.1) is 12.3 Å². The molecule has 1 aliphatic heterocycles. The van der Waals surface area contributed by atoms with Gasteiger partial charge in [0, 0.05) is 23.3 Å². The van der Waals surface area contributed by atoms with Gasteiger partial charge in [0.15, 0.2) is 0 Å². The number of rotatable bonds is 4. The van der Waals surface area contributed by atoms with E-state index in [-0.39, 0.29) is 24.1 Å². The number of nitrogens with zero attached hydrogens (tertiary/aromatic N) is 1. The second-order valence-electron chi connectivity index (χ2n) is 5.25. The molecule has 0 aliphatic carbocycles. The number of nitrogens with one attached hydrogen (secondary N) is 2. The summed E-state index contributed by atoms with van der Waals surface area (Å²) in [6, 6.07) is 8.74. The Balaban J connectivity index is 1.64. The number of anilines is 1. The summed E-state index contributed by atoms with van der Waals surface area (Å²) in [6.07, 6.45) is 2.01. The predicted octanol–water partition coefficient (Wildman–Crippen LogP) is 2.24. The molecule has 23 heavy (non-hydrogen) atoms. The van der Waals surface area contributed by atoms with E-state index < -0.39 is 6.04 Å². The van der Waals surface area contributed by atoms with E-state index in [1.165, 1.54) is 24.3 Å². The zero-order valence-corrected chi connectivity index (χ0v) is 13.1. The first-order chi connectivity index (χ1) is 11.1. The van der Waals surface area contributed by atoms with Gasteiger partial charge >= 0.3 is 0 Å². The highest BCUT2D eigenvalue weighted by Crippen LogP contribution is 2.23. The Kier molecular flexibility index (Phi) is 4.66. The Morgan fingerprint density at radius 2 is 2.09 bits per heavy atom. The molecule has 0 radical (unpaired) electrons. The summed E-state index contributed by atoms with van der Waals surface area (Å²) in [5.41, 5.74) is 1.34. The number of amides is 2. The second kappa shape index (κ2) is 6.87. The zero-order valence-electron chi connectivity index (χ0n) is 12.3. The van der Waals surface area contributed by atoms with Crippen molar-refractivity contribution in [3.63, 3.8) is 0 Å². The Morgan fingerprint density at radius 1 is 1.30 bits per heavy atom. The molecular formula is C16H16FN3O2S. The highest BCUT2D eigenvalue weighted by Gasteiger charge is 2.34. The van der Waals surface area contributed by atoms with Crippen LogP contribution in [0, 0.1) is 5.82 Å². The van der Waals surface area contributed by atoms with E-state index in [4.69, 9.17) is 0 Å². The van der Waals surface area contributed by atoms with Crippen molar-refractivity contribution in [1.29, 1.82) is 0 Å². The van der Waals surface area contributed by atoms with Gasteiger partial charge in [-0.1, -0.05) is 0 Å². The number of carbonyl (C=O) groups excluding carboxylic acids is 2. The zero-order chi connectivity index (χ0) is 16.2. The highest BCUT2D eigenvalue weighted by atomic mass is 32.2. The molecule has 1 atom stereocenters. The predicted molar refractivity (Wildman–Crippen MR) is 87.5 cm³/mol. The molecule has 120 valence electrons. The van der Waals surface area contributed by atoms with Crippen molar-refractivity contribution in [2.24, 2.45) is 0 Å². The van der Waals surface area contributed by atoms with Gasteiger partial charge in [-0.2, -0.15) is 0 Å². The summed E-state index contributed by atoms with van der Waals surface area (Å²) in [5.74, 6) is 0.366. The quantitative estimate of drug-likeness (QED) is 0.902. The smallest absolute Gasteiger partial charge is 0.248 e. The van der Waals surface area contributed by atoms with E-state index in [0.717, 1.165) is 5.69 Å². The van der Waals surface area contributed by atoms with Gasteiger partial charge in [-0.3, -0.25) is 9.59 Å². The second-order valence-corrected chi connectivity index (χ2v) is 6.25. The van der Waals surface area contributed by atoms with Crippen LogP contribution in [0.15, 0.2) is 42.6 Å². The van der Waals surface area contributed by atoms with Crippen LogP contribution in [0.4, 0.5) is 10.1 Å². The maximum atomic E-state index is 12.9. The van der Waals surface area contributed by atoms with Crippen molar-refractivity contribution in [1.82, 2.24) is 9.88 Å². The maximum Gasteiger partial charge on any atom is 0.248 e. The third-order valence-corrected chi connectivity index (χ3v) is 4.63. The average Bonchev–Trinajstić information content (AvgIpc) is 3.20. The fourth-order valence-corrected chi connectivity index (χ4v) is 3.59. The molecule has 1 saturated heterocycles. The Hall–Kier alpha value is -2.28. The molecule has 5 nitrogen and oxygen atoms in total. The molecule has 1 aromatic carbocycles. The van der Waals surface area contributed by atoms with E-state index in [2.05, 4.69) is 10.3 Å². The number of aromatic nitrogens is 1. The minimum absolute atomic E-state index is 0.0864. The molecule has 0 spiro atoms. The number of carbonyl (C=O) groups is 2. The van der Waals surface area contributed by atoms with Crippen molar-refractivity contribution < 1.29 is 14.0 Å². The minimum Gasteiger partial charge on any atom is -0.365 e. The summed E-state index contributed by atoms with van der Waals surface area (Å²) in [4.78, 5) is 29.4. The first-order valence-electron chi connectivity index (χ1n) is 7.19. The van der Waals surface area contributed by atoms with Crippen molar-refractivity contribution >= 4 is 29.3 Å². The molecule has 2 aromatic rings. The van der Waals surface area contributed by atoms with Crippen LogP contribution >= 0.6 is 11.8 Å². The summed E-state index contributed by atoms with van der Waals surface area (Å²) >= 11 is 1.55. The molecule has 1 unspecified atom stereocenters. The number of benzene rings is 1. The van der Waals surface area contributed by atoms with Crippen LogP contribution in [0.25, 0.3) is 0 Å². The Labute approximate surface area is 137 Å². The third kappa shape index (κ3) is 3.73. The SMILES string of the molecule is O=C(Nc1ccc(F)cc1)C1CSCN1C(=O)Cc1ccc[nH]1. The Morgan fingerprint density at radius 3 is 2.78 bits per heavy atom. The van der Waals surface area contributed by atoms with Crippen molar-refractivity contribution in [2.45, 2.75) is 12.5 Å². The van der Waals surface area contributed by atoms with Crippen LogP contribution in [0.1, 0.15) is 5.69 Å². The van der Waals surface area contributed by atoms with Gasteiger partial charge in [-0.15, -0.1) is 11.8 Å². The van der Waals surface area contributed by atoms with E-state index in [9.17, 15) is 14.0 Å². The van der Waals surface area contributed by atoms with E-state index in [1.807, 2.05) is 12.1 Å². The Bertz CT molecular complexity index is 688. The van der Waals surface area contributed by atoms with Gasteiger partial charge in [0.25, 0.3) is 0 Å². The van der Waals surface area contributed by atoms with E-state index >= 15 is 0 Å². The van der Waals surface area contributed by atoms with Gasteiger partial charge in [0.2, 0.25) is 11.8 Å². The van der Waals surface area contributed by atoms with E-state index in [1.54, 1.807) is 22.9 Å². The number of hydrogen-bond donors (Lipinski definition) is 2. The summed E-state index contributed by atoms with van der Waals surface area (Å²) < 4.78 is 12.9. The summed E-state index contributed by atoms with van der Waals surface area (Å²) in [6.45, 7) is 0. The van der Waals surface area contributed by atoms with Gasteiger partial charge in [-0.25, -0.2) is 4.39 Å². The van der Waals surface area contributed by atoms with Crippen LogP contribution in [0.5, 0.6) is 0 Å². The average molecular weight is 333 g/mol.